The van der Waals surface area contributed by atoms with Crippen molar-refractivity contribution in [2.45, 2.75) is 43.6 Å². The number of rotatable bonds is 7. The lowest BCUT2D eigenvalue weighted by Crippen LogP contribution is -2.45. The number of carbonyl (C=O) groups is 2. The van der Waals surface area contributed by atoms with Crippen LogP contribution in [-0.4, -0.2) is 31.3 Å². The van der Waals surface area contributed by atoms with Crippen molar-refractivity contribution in [2.24, 2.45) is 5.41 Å². The van der Waals surface area contributed by atoms with E-state index in [4.69, 9.17) is 16.3 Å². The molecule has 1 unspecified atom stereocenters. The summed E-state index contributed by atoms with van der Waals surface area (Å²) < 4.78 is 31.4. The number of halogens is 1. The Morgan fingerprint density at radius 1 is 0.943 bits per heavy atom. The molecule has 0 saturated carbocycles. The number of ether oxygens (including phenoxy) is 1. The molecule has 0 bridgehead atoms. The molecule has 0 aromatic heterocycles. The summed E-state index contributed by atoms with van der Waals surface area (Å²) in [6, 6.07) is 15.7. The molecule has 3 rings (SSSR count). The number of amides is 1. The number of hydrogen-bond donors (Lipinski definition) is 2. The zero-order chi connectivity index (χ0) is 26.0. The molecule has 0 aliphatic heterocycles. The van der Waals surface area contributed by atoms with Gasteiger partial charge in [0.25, 0.3) is 5.91 Å². The van der Waals surface area contributed by atoms with E-state index in [2.05, 4.69) is 5.32 Å². The van der Waals surface area contributed by atoms with E-state index in [0.717, 1.165) is 5.56 Å². The van der Waals surface area contributed by atoms with Gasteiger partial charge in [-0.1, -0.05) is 38.4 Å². The fraction of sp³-hybridized carbons (Fsp3) is 0.231. The molecule has 1 atom stereocenters. The van der Waals surface area contributed by atoms with Crippen molar-refractivity contribution in [3.05, 3.63) is 77.3 Å². The third-order valence-electron chi connectivity index (χ3n) is 5.13. The Balaban J connectivity index is 1.87. The molecular weight excluding hydrogens is 490 g/mol. The van der Waals surface area contributed by atoms with E-state index in [1.807, 2.05) is 6.92 Å². The van der Waals surface area contributed by atoms with Crippen LogP contribution in [0, 0.1) is 12.3 Å². The molecule has 9 heteroatoms. The van der Waals surface area contributed by atoms with Gasteiger partial charge in [0.05, 0.1) is 20.5 Å². The van der Waals surface area contributed by atoms with Crippen LogP contribution in [0.1, 0.15) is 26.3 Å². The number of carbonyl (C=O) groups excluding carboxylic acids is 2. The van der Waals surface area contributed by atoms with Crippen molar-refractivity contribution in [3.63, 3.8) is 0 Å². The van der Waals surface area contributed by atoms with Gasteiger partial charge in [0, 0.05) is 5.41 Å². The third-order valence-corrected chi connectivity index (χ3v) is 7.25. The van der Waals surface area contributed by atoms with Crippen molar-refractivity contribution in [2.75, 3.05) is 5.32 Å². The number of phenolic OH excluding ortho intramolecular Hbond substituents is 1. The van der Waals surface area contributed by atoms with Crippen LogP contribution >= 0.6 is 11.6 Å². The maximum Gasteiger partial charge on any atom is 0.273 e. The lowest BCUT2D eigenvalue weighted by atomic mass is 9.87. The number of aryl methyl sites for hydroxylation is 1. The lowest BCUT2D eigenvalue weighted by molar-refractivity contribution is -0.140. The highest BCUT2D eigenvalue weighted by Gasteiger charge is 2.37. The fourth-order valence-corrected chi connectivity index (χ4v) is 4.57. The molecular formula is C26H26ClNO6S. The van der Waals surface area contributed by atoms with Gasteiger partial charge in [-0.25, -0.2) is 8.42 Å². The van der Waals surface area contributed by atoms with Crippen molar-refractivity contribution in [1.82, 2.24) is 0 Å². The Hall–Kier alpha value is -3.36. The molecule has 0 heterocycles. The van der Waals surface area contributed by atoms with Crippen molar-refractivity contribution >= 4 is 38.8 Å². The second-order valence-electron chi connectivity index (χ2n) is 9.05. The highest BCUT2D eigenvalue weighted by molar-refractivity contribution is 7.91. The van der Waals surface area contributed by atoms with E-state index in [-0.39, 0.29) is 21.3 Å². The Labute approximate surface area is 209 Å². The number of sulfone groups is 1. The van der Waals surface area contributed by atoms with Gasteiger partial charge in [0.1, 0.15) is 11.5 Å². The largest absolute Gasteiger partial charge is 0.508 e. The zero-order valence-corrected chi connectivity index (χ0v) is 21.3. The molecule has 0 radical (unpaired) electrons. The smallest absolute Gasteiger partial charge is 0.273 e. The highest BCUT2D eigenvalue weighted by atomic mass is 35.5. The van der Waals surface area contributed by atoms with E-state index >= 15 is 0 Å². The van der Waals surface area contributed by atoms with Crippen LogP contribution in [0.4, 0.5) is 5.69 Å². The van der Waals surface area contributed by atoms with Crippen molar-refractivity contribution in [3.8, 4) is 11.5 Å². The molecule has 0 aliphatic carbocycles. The van der Waals surface area contributed by atoms with E-state index in [1.54, 1.807) is 39.0 Å². The van der Waals surface area contributed by atoms with Gasteiger partial charge in [-0.05, 0) is 73.2 Å². The summed E-state index contributed by atoms with van der Waals surface area (Å²) in [5.41, 5.74) is 0.331. The predicted octanol–water partition coefficient (Wildman–Crippen LogP) is 5.19. The number of Topliss-reactive ketones (excluding diaryl/α,β-unsaturated/α-hetero) is 1. The molecule has 3 aromatic rings. The van der Waals surface area contributed by atoms with Crippen molar-refractivity contribution < 1.29 is 27.9 Å². The number of anilines is 1. The van der Waals surface area contributed by atoms with Gasteiger partial charge in [-0.3, -0.25) is 9.59 Å². The molecule has 184 valence electrons. The number of aromatic hydroxyl groups is 1. The third kappa shape index (κ3) is 6.21. The van der Waals surface area contributed by atoms with Crippen LogP contribution in [-0.2, 0) is 19.4 Å². The maximum absolute atomic E-state index is 13.1. The Morgan fingerprint density at radius 2 is 1.49 bits per heavy atom. The quantitative estimate of drug-likeness (QED) is 0.419. The summed E-state index contributed by atoms with van der Waals surface area (Å²) >= 11 is 6.18. The number of nitrogens with one attached hydrogen (secondary N) is 1. The van der Waals surface area contributed by atoms with Gasteiger partial charge in [-0.15, -0.1) is 0 Å². The second-order valence-corrected chi connectivity index (χ2v) is 11.4. The van der Waals surface area contributed by atoms with Crippen LogP contribution < -0.4 is 10.1 Å². The van der Waals surface area contributed by atoms with Gasteiger partial charge in [-0.2, -0.15) is 0 Å². The van der Waals surface area contributed by atoms with Gasteiger partial charge in [0.2, 0.25) is 15.9 Å². The first kappa shape index (κ1) is 26.2. The summed E-state index contributed by atoms with van der Waals surface area (Å²) in [4.78, 5) is 26.1. The topological polar surface area (TPSA) is 110 Å². The fourth-order valence-electron chi connectivity index (χ4n) is 3.15. The minimum Gasteiger partial charge on any atom is -0.508 e. The first-order valence-electron chi connectivity index (χ1n) is 10.7. The number of benzene rings is 3. The predicted molar refractivity (Wildman–Crippen MR) is 134 cm³/mol. The van der Waals surface area contributed by atoms with E-state index in [1.165, 1.54) is 48.5 Å². The zero-order valence-electron chi connectivity index (χ0n) is 19.7. The molecule has 2 N–H and O–H groups in total. The summed E-state index contributed by atoms with van der Waals surface area (Å²) in [6.07, 6.45) is -1.49. The van der Waals surface area contributed by atoms with Gasteiger partial charge >= 0.3 is 0 Å². The van der Waals surface area contributed by atoms with Crippen LogP contribution in [0.3, 0.4) is 0 Å². The minimum absolute atomic E-state index is 0.00904. The average molecular weight is 516 g/mol. The highest BCUT2D eigenvalue weighted by Crippen LogP contribution is 2.28. The number of phenols is 1. The molecule has 35 heavy (non-hydrogen) atoms. The Kier molecular flexibility index (Phi) is 7.57. The number of hydrogen-bond acceptors (Lipinski definition) is 6. The SMILES string of the molecule is Cc1ccc(Cl)c(NC(=O)C(Oc2ccc(S(=O)(=O)c3ccc(O)cc3)cc2)C(=O)C(C)(C)C)c1. The van der Waals surface area contributed by atoms with Gasteiger partial charge in [0.15, 0.2) is 5.78 Å². The standard InChI is InChI=1S/C26H26ClNO6S/c1-16-5-14-21(27)22(15-16)28-25(31)23(24(30)26(2,3)4)34-18-8-12-20(13-9-18)35(32,33)19-10-6-17(29)7-11-19/h5-15,23,29H,1-4H3,(H,28,31). The second kappa shape index (κ2) is 10.1. The molecule has 0 aliphatic rings. The monoisotopic (exact) mass is 515 g/mol. The van der Waals surface area contributed by atoms with Gasteiger partial charge < -0.3 is 15.2 Å². The average Bonchev–Trinajstić information content (AvgIpc) is 2.79. The van der Waals surface area contributed by atoms with E-state index in [9.17, 15) is 23.1 Å². The maximum atomic E-state index is 13.1. The first-order chi connectivity index (χ1) is 16.3. The van der Waals surface area contributed by atoms with E-state index < -0.39 is 33.0 Å². The van der Waals surface area contributed by atoms with Crippen LogP contribution in [0.5, 0.6) is 11.5 Å². The molecule has 0 saturated heterocycles. The first-order valence-corrected chi connectivity index (χ1v) is 12.6. The summed E-state index contributed by atoms with van der Waals surface area (Å²) in [6.45, 7) is 6.86. The van der Waals surface area contributed by atoms with Crippen LogP contribution in [0.2, 0.25) is 5.02 Å². The minimum atomic E-state index is -3.83. The Bertz CT molecular complexity index is 1340. The van der Waals surface area contributed by atoms with E-state index in [0.29, 0.717) is 10.7 Å². The summed E-state index contributed by atoms with van der Waals surface area (Å²) in [5.74, 6) is -1.06. The normalized spacial score (nSPS) is 12.6. The van der Waals surface area contributed by atoms with Crippen molar-refractivity contribution in [1.29, 1.82) is 0 Å². The molecule has 1 amide bonds. The van der Waals surface area contributed by atoms with Crippen LogP contribution in [0.25, 0.3) is 0 Å². The van der Waals surface area contributed by atoms with Crippen LogP contribution in [0.15, 0.2) is 76.5 Å². The molecule has 0 spiro atoms. The number of ketones is 1. The Morgan fingerprint density at radius 3 is 2.03 bits per heavy atom. The summed E-state index contributed by atoms with van der Waals surface area (Å²) in [5, 5.41) is 12.4. The molecule has 0 fully saturated rings. The lowest BCUT2D eigenvalue weighted by Gasteiger charge is -2.25. The molecule has 7 nitrogen and oxygen atoms in total. The summed E-state index contributed by atoms with van der Waals surface area (Å²) in [7, 11) is -3.83. The molecule has 3 aromatic carbocycles.